The zero-order valence-corrected chi connectivity index (χ0v) is 9.77. The molecule has 0 saturated carbocycles. The standard InChI is InChI=1S/C12H16N2O3/c1-9-8-10(6-7-13-9)14-11(15)4-2-3-5-12(16)17/h6-8H,2-5H2,1H3,(H,16,17)(H,13,14,15). The Morgan fingerprint density at radius 3 is 2.71 bits per heavy atom. The third kappa shape index (κ3) is 5.65. The lowest BCUT2D eigenvalue weighted by Crippen LogP contribution is -2.11. The largest absolute Gasteiger partial charge is 0.481 e. The number of hydrogen-bond donors (Lipinski definition) is 2. The molecule has 0 aliphatic heterocycles. The first-order valence-corrected chi connectivity index (χ1v) is 5.52. The number of pyridine rings is 1. The number of carbonyl (C=O) groups excluding carboxylic acids is 1. The van der Waals surface area contributed by atoms with Crippen molar-refractivity contribution in [2.75, 3.05) is 5.32 Å². The summed E-state index contributed by atoms with van der Waals surface area (Å²) in [7, 11) is 0. The number of carbonyl (C=O) groups is 2. The molecule has 5 nitrogen and oxygen atoms in total. The van der Waals surface area contributed by atoms with Gasteiger partial charge in [-0.3, -0.25) is 14.6 Å². The smallest absolute Gasteiger partial charge is 0.303 e. The van der Waals surface area contributed by atoms with Gasteiger partial charge in [-0.15, -0.1) is 0 Å². The maximum atomic E-state index is 11.5. The van der Waals surface area contributed by atoms with Crippen molar-refractivity contribution in [3.05, 3.63) is 24.0 Å². The zero-order valence-electron chi connectivity index (χ0n) is 9.77. The van der Waals surface area contributed by atoms with Crippen LogP contribution in [0.4, 0.5) is 5.69 Å². The van der Waals surface area contributed by atoms with Crippen LogP contribution in [0.2, 0.25) is 0 Å². The van der Waals surface area contributed by atoms with E-state index in [-0.39, 0.29) is 12.3 Å². The summed E-state index contributed by atoms with van der Waals surface area (Å²) in [6.45, 7) is 1.85. The molecular weight excluding hydrogens is 220 g/mol. The minimum atomic E-state index is -0.824. The summed E-state index contributed by atoms with van der Waals surface area (Å²) in [5.41, 5.74) is 1.56. The third-order valence-corrected chi connectivity index (χ3v) is 2.22. The van der Waals surface area contributed by atoms with Crippen LogP contribution < -0.4 is 5.32 Å². The fourth-order valence-corrected chi connectivity index (χ4v) is 1.41. The number of nitrogens with one attached hydrogen (secondary N) is 1. The second-order valence-corrected chi connectivity index (χ2v) is 3.83. The maximum Gasteiger partial charge on any atom is 0.303 e. The van der Waals surface area contributed by atoms with E-state index in [1.165, 1.54) is 0 Å². The first-order valence-electron chi connectivity index (χ1n) is 5.52. The molecule has 1 amide bonds. The van der Waals surface area contributed by atoms with Crippen LogP contribution in [-0.2, 0) is 9.59 Å². The van der Waals surface area contributed by atoms with Crippen molar-refractivity contribution >= 4 is 17.6 Å². The van der Waals surface area contributed by atoms with Crippen molar-refractivity contribution < 1.29 is 14.7 Å². The minimum absolute atomic E-state index is 0.0963. The molecular formula is C12H16N2O3. The molecule has 1 aromatic rings. The van der Waals surface area contributed by atoms with Gasteiger partial charge in [-0.1, -0.05) is 0 Å². The van der Waals surface area contributed by atoms with E-state index >= 15 is 0 Å². The predicted molar refractivity (Wildman–Crippen MR) is 63.7 cm³/mol. The van der Waals surface area contributed by atoms with Gasteiger partial charge in [0.25, 0.3) is 0 Å². The molecule has 0 fully saturated rings. The summed E-state index contributed by atoms with van der Waals surface area (Å²) in [5.74, 6) is -0.920. The van der Waals surface area contributed by atoms with Gasteiger partial charge in [-0.2, -0.15) is 0 Å². The first-order chi connectivity index (χ1) is 8.08. The number of carboxylic acid groups (broad SMARTS) is 1. The molecule has 0 radical (unpaired) electrons. The quantitative estimate of drug-likeness (QED) is 0.740. The molecule has 0 spiro atoms. The molecule has 0 aromatic carbocycles. The van der Waals surface area contributed by atoms with Crippen LogP contribution in [0.15, 0.2) is 18.3 Å². The molecule has 1 aromatic heterocycles. The summed E-state index contributed by atoms with van der Waals surface area (Å²) in [5, 5.41) is 11.2. The number of nitrogens with zero attached hydrogens (tertiary/aromatic N) is 1. The normalized spacial score (nSPS) is 9.94. The molecule has 0 aliphatic rings. The first kappa shape index (κ1) is 13.2. The fraction of sp³-hybridized carbons (Fsp3) is 0.417. The Bertz CT molecular complexity index is 404. The van der Waals surface area contributed by atoms with E-state index in [9.17, 15) is 9.59 Å². The molecule has 2 N–H and O–H groups in total. The fourth-order valence-electron chi connectivity index (χ4n) is 1.41. The number of rotatable bonds is 6. The Kier molecular flexibility index (Phi) is 5.13. The van der Waals surface area contributed by atoms with E-state index in [1.54, 1.807) is 18.3 Å². The van der Waals surface area contributed by atoms with Crippen LogP contribution in [0.5, 0.6) is 0 Å². The van der Waals surface area contributed by atoms with Crippen LogP contribution in [0.3, 0.4) is 0 Å². The predicted octanol–water partition coefficient (Wildman–Crippen LogP) is 1.97. The van der Waals surface area contributed by atoms with Gasteiger partial charge in [0.1, 0.15) is 0 Å². The number of anilines is 1. The Morgan fingerprint density at radius 2 is 2.06 bits per heavy atom. The highest BCUT2D eigenvalue weighted by Gasteiger charge is 2.03. The summed E-state index contributed by atoms with van der Waals surface area (Å²) in [6.07, 6.45) is 3.20. The van der Waals surface area contributed by atoms with Gasteiger partial charge >= 0.3 is 5.97 Å². The molecule has 92 valence electrons. The molecule has 0 unspecified atom stereocenters. The summed E-state index contributed by atoms with van der Waals surface area (Å²) in [4.78, 5) is 25.8. The van der Waals surface area contributed by atoms with E-state index < -0.39 is 5.97 Å². The van der Waals surface area contributed by atoms with Gasteiger partial charge in [0.2, 0.25) is 5.91 Å². The minimum Gasteiger partial charge on any atom is -0.481 e. The average molecular weight is 236 g/mol. The van der Waals surface area contributed by atoms with E-state index in [4.69, 9.17) is 5.11 Å². The van der Waals surface area contributed by atoms with Gasteiger partial charge in [-0.25, -0.2) is 0 Å². The maximum absolute atomic E-state index is 11.5. The van der Waals surface area contributed by atoms with Gasteiger partial charge in [-0.05, 0) is 31.9 Å². The number of aliphatic carboxylic acids is 1. The van der Waals surface area contributed by atoms with Crippen molar-refractivity contribution in [1.82, 2.24) is 4.98 Å². The monoisotopic (exact) mass is 236 g/mol. The van der Waals surface area contributed by atoms with Crippen molar-refractivity contribution in [2.45, 2.75) is 32.6 Å². The Labute approximate surface area is 99.9 Å². The van der Waals surface area contributed by atoms with E-state index in [0.29, 0.717) is 19.3 Å². The van der Waals surface area contributed by atoms with Crippen LogP contribution in [0, 0.1) is 6.92 Å². The Morgan fingerprint density at radius 1 is 1.35 bits per heavy atom. The van der Waals surface area contributed by atoms with Crippen LogP contribution in [-0.4, -0.2) is 22.0 Å². The molecule has 0 saturated heterocycles. The van der Waals surface area contributed by atoms with Crippen molar-refractivity contribution in [3.8, 4) is 0 Å². The van der Waals surface area contributed by atoms with E-state index in [2.05, 4.69) is 10.3 Å². The lowest BCUT2D eigenvalue weighted by molar-refractivity contribution is -0.137. The van der Waals surface area contributed by atoms with E-state index in [1.807, 2.05) is 6.92 Å². The number of carboxylic acids is 1. The Balaban J connectivity index is 2.27. The molecule has 1 rings (SSSR count). The molecule has 0 atom stereocenters. The van der Waals surface area contributed by atoms with Crippen molar-refractivity contribution in [2.24, 2.45) is 0 Å². The van der Waals surface area contributed by atoms with Crippen LogP contribution in [0.25, 0.3) is 0 Å². The highest BCUT2D eigenvalue weighted by atomic mass is 16.4. The Hall–Kier alpha value is -1.91. The summed E-state index contributed by atoms with van der Waals surface area (Å²) in [6, 6.07) is 3.51. The molecule has 1 heterocycles. The molecule has 5 heteroatoms. The topological polar surface area (TPSA) is 79.3 Å². The second kappa shape index (κ2) is 6.62. The highest BCUT2D eigenvalue weighted by Crippen LogP contribution is 2.08. The SMILES string of the molecule is Cc1cc(NC(=O)CCCCC(=O)O)ccn1. The third-order valence-electron chi connectivity index (χ3n) is 2.22. The zero-order chi connectivity index (χ0) is 12.7. The molecule has 0 aliphatic carbocycles. The number of aromatic nitrogens is 1. The van der Waals surface area contributed by atoms with Gasteiger partial charge in [0.15, 0.2) is 0 Å². The van der Waals surface area contributed by atoms with Gasteiger partial charge in [0.05, 0.1) is 0 Å². The summed E-state index contributed by atoms with van der Waals surface area (Å²) < 4.78 is 0. The molecule has 17 heavy (non-hydrogen) atoms. The summed E-state index contributed by atoms with van der Waals surface area (Å²) >= 11 is 0. The highest BCUT2D eigenvalue weighted by molar-refractivity contribution is 5.90. The lowest BCUT2D eigenvalue weighted by atomic mass is 10.2. The van der Waals surface area contributed by atoms with Crippen LogP contribution in [0.1, 0.15) is 31.4 Å². The lowest BCUT2D eigenvalue weighted by Gasteiger charge is -2.05. The molecule has 0 bridgehead atoms. The van der Waals surface area contributed by atoms with Crippen molar-refractivity contribution in [1.29, 1.82) is 0 Å². The van der Waals surface area contributed by atoms with Gasteiger partial charge in [0, 0.05) is 30.4 Å². The van der Waals surface area contributed by atoms with Crippen LogP contribution >= 0.6 is 0 Å². The second-order valence-electron chi connectivity index (χ2n) is 3.83. The van der Waals surface area contributed by atoms with Gasteiger partial charge < -0.3 is 10.4 Å². The average Bonchev–Trinajstić information content (AvgIpc) is 2.24. The number of unbranched alkanes of at least 4 members (excludes halogenated alkanes) is 1. The van der Waals surface area contributed by atoms with E-state index in [0.717, 1.165) is 11.4 Å². The number of amides is 1. The van der Waals surface area contributed by atoms with Crippen molar-refractivity contribution in [3.63, 3.8) is 0 Å². The number of hydrogen-bond acceptors (Lipinski definition) is 3. The number of aryl methyl sites for hydroxylation is 1.